The van der Waals surface area contributed by atoms with Gasteiger partial charge in [-0.1, -0.05) is 18.2 Å². The van der Waals surface area contributed by atoms with E-state index in [4.69, 9.17) is 19.0 Å². The molecule has 0 saturated carbocycles. The Morgan fingerprint density at radius 2 is 1.65 bits per heavy atom. The Kier molecular flexibility index (Phi) is 7.79. The maximum atomic E-state index is 5.70. The van der Waals surface area contributed by atoms with Gasteiger partial charge in [0.15, 0.2) is 0 Å². The Morgan fingerprint density at radius 1 is 1.05 bits per heavy atom. The normalized spacial score (nSPS) is 13.2. The van der Waals surface area contributed by atoms with Gasteiger partial charge in [0.1, 0.15) is 0 Å². The van der Waals surface area contributed by atoms with Crippen LogP contribution in [0.5, 0.6) is 0 Å². The Morgan fingerprint density at radius 3 is 2.15 bits per heavy atom. The van der Waals surface area contributed by atoms with Crippen molar-refractivity contribution in [2.24, 2.45) is 5.73 Å². The summed E-state index contributed by atoms with van der Waals surface area (Å²) >= 11 is 0. The van der Waals surface area contributed by atoms with Crippen molar-refractivity contribution in [1.29, 1.82) is 0 Å². The fraction of sp³-hybridized carbons (Fsp3) is 0.571. The zero-order valence-corrected chi connectivity index (χ0v) is 13.6. The van der Waals surface area contributed by atoms with E-state index >= 15 is 0 Å². The summed E-state index contributed by atoms with van der Waals surface area (Å²) in [6, 6.07) is 11.2. The highest BCUT2D eigenvalue weighted by molar-refractivity contribution is 6.60. The molecule has 1 aromatic rings. The van der Waals surface area contributed by atoms with Crippen molar-refractivity contribution in [1.82, 2.24) is 0 Å². The highest BCUT2D eigenvalue weighted by Gasteiger charge is 2.37. The minimum Gasteiger partial charge on any atom is -0.382 e. The number of benzene rings is 1. The van der Waals surface area contributed by atoms with Crippen molar-refractivity contribution in [3.05, 3.63) is 30.3 Å². The van der Waals surface area contributed by atoms with Gasteiger partial charge in [-0.25, -0.2) is 0 Å². The summed E-state index contributed by atoms with van der Waals surface area (Å²) in [5.74, 6) is 0. The van der Waals surface area contributed by atoms with Crippen molar-refractivity contribution in [2.45, 2.75) is 24.9 Å². The molecule has 0 aliphatic carbocycles. The average molecular weight is 298 g/mol. The summed E-state index contributed by atoms with van der Waals surface area (Å²) in [6.45, 7) is 0.645. The molecule has 0 radical (unpaired) electrons. The molecule has 3 N–H and O–H groups in total. The maximum absolute atomic E-state index is 5.70. The summed E-state index contributed by atoms with van der Waals surface area (Å²) in [6.07, 6.45) is 1.80. The summed E-state index contributed by atoms with van der Waals surface area (Å²) in [5.41, 5.74) is 6.80. The largest absolute Gasteiger partial charge is 0.500 e. The lowest BCUT2D eigenvalue weighted by Crippen LogP contribution is -2.43. The first-order valence-electron chi connectivity index (χ1n) is 6.86. The molecule has 1 unspecified atom stereocenters. The molecule has 0 aromatic heterocycles. The van der Waals surface area contributed by atoms with E-state index in [1.165, 1.54) is 0 Å². The molecule has 0 fully saturated rings. The van der Waals surface area contributed by atoms with Gasteiger partial charge >= 0.3 is 8.80 Å². The van der Waals surface area contributed by atoms with Crippen LogP contribution in [-0.4, -0.2) is 42.7 Å². The third-order valence-electron chi connectivity index (χ3n) is 3.39. The van der Waals surface area contributed by atoms with Gasteiger partial charge in [-0.3, -0.25) is 0 Å². The second kappa shape index (κ2) is 9.09. The van der Waals surface area contributed by atoms with Crippen molar-refractivity contribution >= 4 is 14.5 Å². The average Bonchev–Trinajstić information content (AvgIpc) is 2.50. The van der Waals surface area contributed by atoms with Crippen LogP contribution in [0.25, 0.3) is 0 Å². The molecular formula is C14H26N2O3Si. The van der Waals surface area contributed by atoms with Crippen molar-refractivity contribution < 1.29 is 13.3 Å². The topological polar surface area (TPSA) is 65.7 Å². The van der Waals surface area contributed by atoms with Gasteiger partial charge in [-0.05, 0) is 31.5 Å². The monoisotopic (exact) mass is 298 g/mol. The summed E-state index contributed by atoms with van der Waals surface area (Å²) in [4.78, 5) is 0. The van der Waals surface area contributed by atoms with E-state index in [0.717, 1.165) is 24.6 Å². The zero-order valence-electron chi connectivity index (χ0n) is 12.6. The predicted octanol–water partition coefficient (Wildman–Crippen LogP) is 2.08. The summed E-state index contributed by atoms with van der Waals surface area (Å²) in [7, 11) is 2.41. The van der Waals surface area contributed by atoms with Gasteiger partial charge in [0.2, 0.25) is 0 Å². The number of nitrogens with one attached hydrogen (secondary N) is 1. The molecule has 0 saturated heterocycles. The van der Waals surface area contributed by atoms with E-state index in [1.54, 1.807) is 21.3 Å². The van der Waals surface area contributed by atoms with E-state index in [-0.39, 0.29) is 6.04 Å². The van der Waals surface area contributed by atoms with Crippen molar-refractivity contribution in [2.75, 3.05) is 33.2 Å². The van der Waals surface area contributed by atoms with E-state index in [1.807, 2.05) is 18.2 Å². The summed E-state index contributed by atoms with van der Waals surface area (Å²) in [5, 5.41) is 3.50. The van der Waals surface area contributed by atoms with Crippen molar-refractivity contribution in [3.63, 3.8) is 0 Å². The molecule has 0 heterocycles. The molecule has 20 heavy (non-hydrogen) atoms. The molecular weight excluding hydrogens is 272 g/mol. The number of anilines is 1. The lowest BCUT2D eigenvalue weighted by atomic mass is 10.1. The Balaban J connectivity index is 2.58. The molecule has 0 bridgehead atoms. The first-order chi connectivity index (χ1) is 9.69. The van der Waals surface area contributed by atoms with Gasteiger partial charge in [-0.2, -0.15) is 0 Å². The predicted molar refractivity (Wildman–Crippen MR) is 83.7 cm³/mol. The Labute approximate surface area is 122 Å². The second-order valence-corrected chi connectivity index (χ2v) is 7.71. The smallest absolute Gasteiger partial charge is 0.382 e. The van der Waals surface area contributed by atoms with Crippen LogP contribution in [0.2, 0.25) is 6.04 Å². The van der Waals surface area contributed by atoms with Gasteiger partial charge in [0.25, 0.3) is 0 Å². The molecule has 0 amide bonds. The van der Waals surface area contributed by atoms with Crippen LogP contribution in [0.3, 0.4) is 0 Å². The third kappa shape index (κ3) is 5.22. The van der Waals surface area contributed by atoms with E-state index < -0.39 is 8.80 Å². The fourth-order valence-electron chi connectivity index (χ4n) is 2.17. The molecule has 1 rings (SSSR count). The Hall–Kier alpha value is -0.923. The summed E-state index contributed by atoms with van der Waals surface area (Å²) < 4.78 is 16.4. The number of para-hydroxylation sites is 1. The van der Waals surface area contributed by atoms with Crippen LogP contribution in [0.1, 0.15) is 12.8 Å². The highest BCUT2D eigenvalue weighted by atomic mass is 28.4. The van der Waals surface area contributed by atoms with Crippen LogP contribution in [0.4, 0.5) is 5.69 Å². The van der Waals surface area contributed by atoms with Crippen LogP contribution in [-0.2, 0) is 13.3 Å². The SMILES string of the molecule is CO[Si](CCC(CCN)Nc1ccccc1)(OC)OC. The molecule has 1 atom stereocenters. The Bertz CT molecular complexity index is 352. The van der Waals surface area contributed by atoms with E-state index in [9.17, 15) is 0 Å². The standard InChI is InChI=1S/C14H26N2O3Si/c1-17-20(18-2,19-3)12-10-14(9-11-15)16-13-7-5-4-6-8-13/h4-8,14,16H,9-12,15H2,1-3H3. The van der Waals surface area contributed by atoms with Crippen LogP contribution < -0.4 is 11.1 Å². The molecule has 0 aliphatic heterocycles. The molecule has 6 heteroatoms. The number of hydrogen-bond donors (Lipinski definition) is 2. The van der Waals surface area contributed by atoms with Crippen LogP contribution in [0, 0.1) is 0 Å². The molecule has 5 nitrogen and oxygen atoms in total. The third-order valence-corrected chi connectivity index (χ3v) is 6.16. The van der Waals surface area contributed by atoms with Gasteiger partial charge in [-0.15, -0.1) is 0 Å². The number of hydrogen-bond acceptors (Lipinski definition) is 5. The molecule has 1 aromatic carbocycles. The second-order valence-electron chi connectivity index (χ2n) is 4.62. The van der Waals surface area contributed by atoms with Crippen LogP contribution >= 0.6 is 0 Å². The lowest BCUT2D eigenvalue weighted by molar-refractivity contribution is 0.122. The molecule has 0 aliphatic rings. The minimum absolute atomic E-state index is 0.287. The quantitative estimate of drug-likeness (QED) is 0.648. The van der Waals surface area contributed by atoms with Gasteiger partial charge in [0.05, 0.1) is 0 Å². The first kappa shape index (κ1) is 17.1. The maximum Gasteiger partial charge on any atom is 0.500 e. The van der Waals surface area contributed by atoms with Crippen molar-refractivity contribution in [3.8, 4) is 0 Å². The fourth-order valence-corrected chi connectivity index (χ4v) is 3.98. The number of rotatable bonds is 10. The highest BCUT2D eigenvalue weighted by Crippen LogP contribution is 2.19. The van der Waals surface area contributed by atoms with Gasteiger partial charge < -0.3 is 24.3 Å². The van der Waals surface area contributed by atoms with Crippen LogP contribution in [0.15, 0.2) is 30.3 Å². The van der Waals surface area contributed by atoms with Gasteiger partial charge in [0, 0.05) is 39.1 Å². The molecule has 114 valence electrons. The van der Waals surface area contributed by atoms with E-state index in [0.29, 0.717) is 6.54 Å². The minimum atomic E-state index is -2.51. The van der Waals surface area contributed by atoms with E-state index in [2.05, 4.69) is 17.4 Å². The lowest BCUT2D eigenvalue weighted by Gasteiger charge is -2.27. The zero-order chi connectivity index (χ0) is 14.8. The molecule has 0 spiro atoms. The number of nitrogens with two attached hydrogens (primary N) is 1. The first-order valence-corrected chi connectivity index (χ1v) is 8.80.